The Labute approximate surface area is 101 Å². The summed E-state index contributed by atoms with van der Waals surface area (Å²) in [6, 6.07) is 7.54. The number of carbonyl (C=O) groups is 1. The van der Waals surface area contributed by atoms with E-state index in [1.54, 1.807) is 7.11 Å². The summed E-state index contributed by atoms with van der Waals surface area (Å²) in [6.45, 7) is 2.39. The largest absolute Gasteiger partial charge is 0.481 e. The van der Waals surface area contributed by atoms with Crippen LogP contribution in [0.15, 0.2) is 24.3 Å². The van der Waals surface area contributed by atoms with Crippen LogP contribution in [0.4, 0.5) is 0 Å². The third-order valence-electron chi connectivity index (χ3n) is 2.75. The van der Waals surface area contributed by atoms with Crippen LogP contribution in [0.5, 0.6) is 0 Å². The molecule has 17 heavy (non-hydrogen) atoms. The fourth-order valence-electron chi connectivity index (χ4n) is 1.82. The average molecular weight is 237 g/mol. The van der Waals surface area contributed by atoms with Gasteiger partial charge in [0.05, 0.1) is 13.0 Å². The number of nitrogens with two attached hydrogens (primary N) is 1. The fourth-order valence-corrected chi connectivity index (χ4v) is 1.82. The average Bonchev–Trinajstić information content (AvgIpc) is 2.27. The first-order valence-corrected chi connectivity index (χ1v) is 5.59. The second-order valence-electron chi connectivity index (χ2n) is 4.24. The van der Waals surface area contributed by atoms with Gasteiger partial charge in [-0.05, 0) is 18.1 Å². The highest BCUT2D eigenvalue weighted by Crippen LogP contribution is 2.23. The van der Waals surface area contributed by atoms with Crippen molar-refractivity contribution in [3.05, 3.63) is 35.4 Å². The minimum Gasteiger partial charge on any atom is -0.481 e. The van der Waals surface area contributed by atoms with Crippen molar-refractivity contribution in [1.29, 1.82) is 0 Å². The maximum Gasteiger partial charge on any atom is 0.304 e. The van der Waals surface area contributed by atoms with Gasteiger partial charge in [0, 0.05) is 19.1 Å². The predicted octanol–water partition coefficient (Wildman–Crippen LogP) is 1.74. The number of aliphatic carboxylic acids is 1. The molecule has 0 heterocycles. The monoisotopic (exact) mass is 237 g/mol. The van der Waals surface area contributed by atoms with Crippen molar-refractivity contribution < 1.29 is 14.6 Å². The van der Waals surface area contributed by atoms with Gasteiger partial charge < -0.3 is 15.6 Å². The van der Waals surface area contributed by atoms with Crippen molar-refractivity contribution in [2.45, 2.75) is 31.9 Å². The van der Waals surface area contributed by atoms with Crippen molar-refractivity contribution in [3.63, 3.8) is 0 Å². The standard InChI is InChI=1S/C13H19NO3/c1-9(14)12(7-13(15)16)11-5-3-10(4-6-11)8-17-2/h3-6,9,12H,7-8,14H2,1-2H3,(H,15,16). The smallest absolute Gasteiger partial charge is 0.304 e. The van der Waals surface area contributed by atoms with Crippen LogP contribution < -0.4 is 5.73 Å². The maximum atomic E-state index is 10.8. The summed E-state index contributed by atoms with van der Waals surface area (Å²) in [5, 5.41) is 8.86. The van der Waals surface area contributed by atoms with Gasteiger partial charge in [-0.3, -0.25) is 4.79 Å². The third-order valence-corrected chi connectivity index (χ3v) is 2.75. The molecule has 0 amide bonds. The van der Waals surface area contributed by atoms with Gasteiger partial charge >= 0.3 is 5.97 Å². The number of carboxylic acid groups (broad SMARTS) is 1. The highest BCUT2D eigenvalue weighted by molar-refractivity contribution is 5.68. The van der Waals surface area contributed by atoms with Crippen LogP contribution >= 0.6 is 0 Å². The van der Waals surface area contributed by atoms with E-state index in [2.05, 4.69) is 0 Å². The number of hydrogen-bond donors (Lipinski definition) is 2. The summed E-state index contributed by atoms with van der Waals surface area (Å²) >= 11 is 0. The lowest BCUT2D eigenvalue weighted by Crippen LogP contribution is -2.26. The van der Waals surface area contributed by atoms with Gasteiger partial charge in [0.2, 0.25) is 0 Å². The summed E-state index contributed by atoms with van der Waals surface area (Å²) in [6.07, 6.45) is 0.0568. The van der Waals surface area contributed by atoms with Crippen molar-refractivity contribution in [2.24, 2.45) is 5.73 Å². The number of methoxy groups -OCH3 is 1. The Morgan fingerprint density at radius 3 is 2.41 bits per heavy atom. The van der Waals surface area contributed by atoms with Crippen LogP contribution in [-0.2, 0) is 16.1 Å². The molecule has 1 aromatic rings. The van der Waals surface area contributed by atoms with E-state index in [0.29, 0.717) is 6.61 Å². The third kappa shape index (κ3) is 4.17. The lowest BCUT2D eigenvalue weighted by Gasteiger charge is -2.19. The minimum absolute atomic E-state index is 0.0568. The molecule has 2 unspecified atom stereocenters. The molecule has 0 saturated heterocycles. The van der Waals surface area contributed by atoms with Gasteiger partial charge in [0.25, 0.3) is 0 Å². The molecule has 0 bridgehead atoms. The van der Waals surface area contributed by atoms with E-state index in [1.165, 1.54) is 0 Å². The second-order valence-corrected chi connectivity index (χ2v) is 4.24. The van der Waals surface area contributed by atoms with Crippen molar-refractivity contribution in [3.8, 4) is 0 Å². The highest BCUT2D eigenvalue weighted by Gasteiger charge is 2.19. The quantitative estimate of drug-likeness (QED) is 0.790. The Morgan fingerprint density at radius 1 is 1.41 bits per heavy atom. The molecule has 4 nitrogen and oxygen atoms in total. The Hall–Kier alpha value is -1.39. The SMILES string of the molecule is COCc1ccc(C(CC(=O)O)C(C)N)cc1. The number of hydrogen-bond acceptors (Lipinski definition) is 3. The molecule has 0 fully saturated rings. The molecule has 3 N–H and O–H groups in total. The summed E-state index contributed by atoms with van der Waals surface area (Å²) in [5.74, 6) is -0.975. The molecule has 0 saturated carbocycles. The van der Waals surface area contributed by atoms with Gasteiger partial charge in [-0.2, -0.15) is 0 Å². The molecule has 94 valence electrons. The van der Waals surface area contributed by atoms with Gasteiger partial charge in [-0.1, -0.05) is 24.3 Å². The van der Waals surface area contributed by atoms with Crippen LogP contribution in [-0.4, -0.2) is 24.2 Å². The van der Waals surface area contributed by atoms with Crippen LogP contribution in [0.3, 0.4) is 0 Å². The first-order valence-electron chi connectivity index (χ1n) is 5.59. The lowest BCUT2D eigenvalue weighted by molar-refractivity contribution is -0.137. The van der Waals surface area contributed by atoms with E-state index in [1.807, 2.05) is 31.2 Å². The van der Waals surface area contributed by atoms with Gasteiger partial charge in [-0.15, -0.1) is 0 Å². The van der Waals surface area contributed by atoms with E-state index >= 15 is 0 Å². The van der Waals surface area contributed by atoms with Gasteiger partial charge in [0.15, 0.2) is 0 Å². The number of carboxylic acids is 1. The van der Waals surface area contributed by atoms with E-state index in [-0.39, 0.29) is 18.4 Å². The molecular formula is C13H19NO3. The first-order chi connectivity index (χ1) is 8.04. The van der Waals surface area contributed by atoms with Gasteiger partial charge in [-0.25, -0.2) is 0 Å². The normalized spacial score (nSPS) is 14.3. The maximum absolute atomic E-state index is 10.8. The summed E-state index contributed by atoms with van der Waals surface area (Å²) in [4.78, 5) is 10.8. The van der Waals surface area contributed by atoms with E-state index in [0.717, 1.165) is 11.1 Å². The Kier molecular flexibility index (Phi) is 5.12. The minimum atomic E-state index is -0.826. The first kappa shape index (κ1) is 13.7. The molecule has 1 rings (SSSR count). The molecule has 0 aromatic heterocycles. The fraction of sp³-hybridized carbons (Fsp3) is 0.462. The Bertz CT molecular complexity index is 359. The molecule has 0 aliphatic heterocycles. The van der Waals surface area contributed by atoms with Crippen molar-refractivity contribution >= 4 is 5.97 Å². The van der Waals surface area contributed by atoms with E-state index in [4.69, 9.17) is 15.6 Å². The van der Waals surface area contributed by atoms with Crippen LogP contribution in [0.25, 0.3) is 0 Å². The van der Waals surface area contributed by atoms with Gasteiger partial charge in [0.1, 0.15) is 0 Å². The van der Waals surface area contributed by atoms with Crippen molar-refractivity contribution in [2.75, 3.05) is 7.11 Å². The molecular weight excluding hydrogens is 218 g/mol. The summed E-state index contributed by atoms with van der Waals surface area (Å²) in [7, 11) is 1.64. The van der Waals surface area contributed by atoms with Crippen molar-refractivity contribution in [1.82, 2.24) is 0 Å². The molecule has 0 aliphatic carbocycles. The number of benzene rings is 1. The molecule has 0 aliphatic rings. The molecule has 0 radical (unpaired) electrons. The summed E-state index contributed by atoms with van der Waals surface area (Å²) in [5.41, 5.74) is 7.85. The molecule has 1 aromatic carbocycles. The number of rotatable bonds is 6. The zero-order valence-corrected chi connectivity index (χ0v) is 10.2. The predicted molar refractivity (Wildman–Crippen MR) is 65.8 cm³/mol. The highest BCUT2D eigenvalue weighted by atomic mass is 16.5. The lowest BCUT2D eigenvalue weighted by atomic mass is 9.89. The molecule has 4 heteroatoms. The van der Waals surface area contributed by atoms with E-state index < -0.39 is 5.97 Å². The van der Waals surface area contributed by atoms with Crippen LogP contribution in [0, 0.1) is 0 Å². The zero-order chi connectivity index (χ0) is 12.8. The zero-order valence-electron chi connectivity index (χ0n) is 10.2. The topological polar surface area (TPSA) is 72.5 Å². The molecule has 2 atom stereocenters. The second kappa shape index (κ2) is 6.37. The summed E-state index contributed by atoms with van der Waals surface area (Å²) < 4.78 is 5.02. The van der Waals surface area contributed by atoms with Crippen LogP contribution in [0.2, 0.25) is 0 Å². The van der Waals surface area contributed by atoms with Crippen LogP contribution in [0.1, 0.15) is 30.4 Å². The molecule has 0 spiro atoms. The Morgan fingerprint density at radius 2 is 2.00 bits per heavy atom. The number of ether oxygens (including phenoxy) is 1. The Balaban J connectivity index is 2.83. The van der Waals surface area contributed by atoms with E-state index in [9.17, 15) is 4.79 Å².